The van der Waals surface area contributed by atoms with Gasteiger partial charge in [0.15, 0.2) is 0 Å². The molecule has 0 saturated heterocycles. The number of nitrogens with zero attached hydrogens (tertiary/aromatic N) is 4. The molecule has 2 aliphatic rings. The van der Waals surface area contributed by atoms with Gasteiger partial charge in [0.2, 0.25) is 0 Å². The number of benzene rings is 16. The molecule has 0 N–H and O–H groups in total. The third-order valence-electron chi connectivity index (χ3n) is 24.3. The molecule has 0 spiro atoms. The average Bonchev–Trinajstić information content (AvgIpc) is 1.44. The number of aromatic nitrogens is 4. The number of fused-ring (bicyclic) bond motifs is 26. The highest BCUT2D eigenvalue weighted by molar-refractivity contribution is 6.32. The summed E-state index contributed by atoms with van der Waals surface area (Å²) < 4.78 is 18.5. The van der Waals surface area contributed by atoms with E-state index in [0.29, 0.717) is 0 Å². The quantitative estimate of drug-likeness (QED) is 0.156. The minimum absolute atomic E-state index is 0.119. The molecule has 6 heteroatoms. The van der Waals surface area contributed by atoms with Gasteiger partial charge in [0.25, 0.3) is 0 Å². The van der Waals surface area contributed by atoms with E-state index in [1.165, 1.54) is 98.9 Å². The fraction of sp³-hybridized carbons (Fsp3) is 0.0577. The van der Waals surface area contributed by atoms with Crippen molar-refractivity contribution < 1.29 is 8.83 Å². The first-order valence-corrected chi connectivity index (χ1v) is 38.1. The summed E-state index contributed by atoms with van der Waals surface area (Å²) in [6.45, 7) is 9.38. The minimum Gasteiger partial charge on any atom is -0.455 e. The van der Waals surface area contributed by atoms with E-state index in [0.717, 1.165) is 133 Å². The molecule has 0 saturated carbocycles. The fourth-order valence-corrected chi connectivity index (χ4v) is 19.2. The summed E-state index contributed by atoms with van der Waals surface area (Å²) in [4.78, 5) is 11.0. The predicted octanol–water partition coefficient (Wildman–Crippen LogP) is 28.0. The Hall–Kier alpha value is -13.9. The highest BCUT2D eigenvalue weighted by atomic mass is 16.3. The summed E-state index contributed by atoms with van der Waals surface area (Å²) in [5, 5.41) is 16.3. The van der Waals surface area contributed by atoms with Crippen LogP contribution < -0.4 is 0 Å². The number of furan rings is 2. The number of para-hydroxylation sites is 8. The van der Waals surface area contributed by atoms with E-state index in [2.05, 4.69) is 377 Å². The van der Waals surface area contributed by atoms with Gasteiger partial charge in [-0.05, 0) is 159 Å². The van der Waals surface area contributed by atoms with Crippen LogP contribution in [-0.4, -0.2) is 19.1 Å². The van der Waals surface area contributed by atoms with Gasteiger partial charge >= 0.3 is 0 Å². The van der Waals surface area contributed by atoms with Crippen molar-refractivity contribution in [1.82, 2.24) is 19.1 Å². The smallest absolute Gasteiger partial charge is 0.143 e. The van der Waals surface area contributed by atoms with Gasteiger partial charge in [0, 0.05) is 120 Å². The first-order chi connectivity index (χ1) is 54.1. The van der Waals surface area contributed by atoms with Crippen LogP contribution in [0.25, 0.3) is 209 Å². The van der Waals surface area contributed by atoms with Crippen LogP contribution in [0.15, 0.2) is 349 Å². The van der Waals surface area contributed by atoms with Crippen molar-refractivity contribution in [2.75, 3.05) is 0 Å². The summed E-state index contributed by atoms with van der Waals surface area (Å²) in [6.07, 6.45) is 0. The zero-order chi connectivity index (χ0) is 72.8. The van der Waals surface area contributed by atoms with Gasteiger partial charge < -0.3 is 18.0 Å². The molecule has 0 bridgehead atoms. The molecular formula is C104H68N4O2. The Balaban J connectivity index is 0.000000132. The van der Waals surface area contributed by atoms with Crippen LogP contribution in [0.3, 0.4) is 0 Å². The third-order valence-corrected chi connectivity index (χ3v) is 24.3. The lowest BCUT2D eigenvalue weighted by Crippen LogP contribution is -2.14. The zero-order valence-electron chi connectivity index (χ0n) is 60.9. The first kappa shape index (κ1) is 62.3. The molecule has 24 rings (SSSR count). The monoisotopic (exact) mass is 1400 g/mol. The first-order valence-electron chi connectivity index (χ1n) is 38.1. The highest BCUT2D eigenvalue weighted by Crippen LogP contribution is 2.55. The molecule has 22 aromatic rings. The van der Waals surface area contributed by atoms with E-state index in [-0.39, 0.29) is 10.8 Å². The van der Waals surface area contributed by atoms with Crippen LogP contribution in [-0.2, 0) is 10.8 Å². The Morgan fingerprint density at radius 1 is 0.236 bits per heavy atom. The minimum atomic E-state index is -0.123. The van der Waals surface area contributed by atoms with Crippen molar-refractivity contribution in [2.24, 2.45) is 0 Å². The Morgan fingerprint density at radius 2 is 0.600 bits per heavy atom. The molecule has 16 aromatic carbocycles. The molecule has 2 aliphatic carbocycles. The van der Waals surface area contributed by atoms with Crippen molar-refractivity contribution in [2.45, 2.75) is 38.5 Å². The molecule has 6 heterocycles. The highest BCUT2D eigenvalue weighted by Gasteiger charge is 2.38. The standard InChI is InChI=1S/2C52H34N2O/c1-52(2)42-18-8-3-13-34(42)35-28-25-32(29-43(35)52)50-41-30-40(51-49(39-17-7-12-22-47(39)55-51)48(41)38-16-4-9-19-44(38)53-50)31-23-26-33(27-24-31)54-45-20-10-5-14-36(45)37-15-6-11-21-46(37)54;1-52(2)42-20-10-6-16-34(42)35-26-24-32(29-43(35)52)50-41-30-39(51-49(38-19-9-13-23-47(38)55-51)48(41)37-18-7-11-21-44(37)53-50)31-25-27-46-40(28-31)36-17-8-12-22-45(36)54(46)33-14-4-3-5-15-33/h2*3-30H,1-2H3. The van der Waals surface area contributed by atoms with Gasteiger partial charge in [-0.25, -0.2) is 9.97 Å². The lowest BCUT2D eigenvalue weighted by atomic mass is 9.81. The molecule has 0 atom stereocenters. The Labute approximate surface area is 633 Å². The van der Waals surface area contributed by atoms with Crippen LogP contribution in [0, 0.1) is 0 Å². The number of hydrogen-bond acceptors (Lipinski definition) is 4. The molecule has 0 amide bonds. The summed E-state index contributed by atoms with van der Waals surface area (Å²) in [6, 6.07) is 123. The topological polar surface area (TPSA) is 61.9 Å². The van der Waals surface area contributed by atoms with Gasteiger partial charge in [-0.15, -0.1) is 0 Å². The number of hydrogen-bond donors (Lipinski definition) is 0. The Kier molecular flexibility index (Phi) is 13.2. The molecule has 0 aliphatic heterocycles. The van der Waals surface area contributed by atoms with Crippen molar-refractivity contribution >= 4 is 131 Å². The number of pyridine rings is 2. The lowest BCUT2D eigenvalue weighted by Gasteiger charge is -2.22. The molecular weight excluding hydrogens is 1340 g/mol. The Bertz CT molecular complexity index is 7660. The van der Waals surface area contributed by atoms with E-state index in [1.807, 2.05) is 0 Å². The largest absolute Gasteiger partial charge is 0.455 e. The van der Waals surface area contributed by atoms with Crippen LogP contribution in [0.5, 0.6) is 0 Å². The molecule has 110 heavy (non-hydrogen) atoms. The van der Waals surface area contributed by atoms with Crippen molar-refractivity contribution in [3.63, 3.8) is 0 Å². The van der Waals surface area contributed by atoms with Crippen molar-refractivity contribution in [1.29, 1.82) is 0 Å². The summed E-state index contributed by atoms with van der Waals surface area (Å²) in [5.41, 5.74) is 31.5. The number of rotatable bonds is 6. The van der Waals surface area contributed by atoms with Crippen LogP contribution in [0.4, 0.5) is 0 Å². The normalized spacial score (nSPS) is 13.4. The Morgan fingerprint density at radius 3 is 1.10 bits per heavy atom. The van der Waals surface area contributed by atoms with E-state index in [9.17, 15) is 0 Å². The van der Waals surface area contributed by atoms with Gasteiger partial charge in [0.05, 0.1) is 44.5 Å². The average molecular weight is 1410 g/mol. The second-order valence-electron chi connectivity index (χ2n) is 31.0. The zero-order valence-corrected chi connectivity index (χ0v) is 60.9. The summed E-state index contributed by atoms with van der Waals surface area (Å²) in [5.74, 6) is 0. The van der Waals surface area contributed by atoms with Gasteiger partial charge in [-0.2, -0.15) is 0 Å². The van der Waals surface area contributed by atoms with Crippen molar-refractivity contribution in [3.05, 3.63) is 362 Å². The van der Waals surface area contributed by atoms with Crippen LogP contribution in [0.2, 0.25) is 0 Å². The maximum absolute atomic E-state index is 6.91. The van der Waals surface area contributed by atoms with Gasteiger partial charge in [-0.1, -0.05) is 264 Å². The second kappa shape index (κ2) is 23.3. The summed E-state index contributed by atoms with van der Waals surface area (Å²) in [7, 11) is 0. The molecule has 6 nitrogen and oxygen atoms in total. The van der Waals surface area contributed by atoms with E-state index in [4.69, 9.17) is 18.8 Å². The molecule has 6 aromatic heterocycles. The van der Waals surface area contributed by atoms with E-state index in [1.54, 1.807) is 0 Å². The van der Waals surface area contributed by atoms with Gasteiger partial charge in [0.1, 0.15) is 22.3 Å². The maximum Gasteiger partial charge on any atom is 0.143 e. The molecule has 516 valence electrons. The third kappa shape index (κ3) is 8.93. The van der Waals surface area contributed by atoms with E-state index < -0.39 is 0 Å². The maximum atomic E-state index is 6.91. The lowest BCUT2D eigenvalue weighted by molar-refractivity contribution is 0.660. The summed E-state index contributed by atoms with van der Waals surface area (Å²) >= 11 is 0. The van der Waals surface area contributed by atoms with Crippen LogP contribution >= 0.6 is 0 Å². The molecule has 0 unspecified atom stereocenters. The molecule has 0 radical (unpaired) electrons. The van der Waals surface area contributed by atoms with Crippen molar-refractivity contribution in [3.8, 4) is 78.4 Å². The predicted molar refractivity (Wildman–Crippen MR) is 459 cm³/mol. The van der Waals surface area contributed by atoms with E-state index >= 15 is 0 Å². The second-order valence-corrected chi connectivity index (χ2v) is 31.0. The fourth-order valence-electron chi connectivity index (χ4n) is 19.2. The van der Waals surface area contributed by atoms with Gasteiger partial charge in [-0.3, -0.25) is 0 Å². The van der Waals surface area contributed by atoms with Crippen LogP contribution in [0.1, 0.15) is 49.9 Å². The SMILES string of the molecule is CC1(C)c2ccccc2-c2ccc(-c3nc4ccccc4c4c3cc(-c3ccc(-n5c6ccccc6c6ccccc65)cc3)c3oc5ccccc5c34)cc21.CC1(C)c2ccccc2-c2ccc(-c3nc4ccccc4c4c3cc(-c3ccc5c(c3)c3ccccc3n5-c3ccccc3)c3oc5ccccc5c34)cc21. The molecule has 0 fully saturated rings.